The van der Waals surface area contributed by atoms with Gasteiger partial charge in [-0.2, -0.15) is 0 Å². The number of nitrogens with one attached hydrogen (secondary N) is 1. The Morgan fingerprint density at radius 3 is 2.55 bits per heavy atom. The van der Waals surface area contributed by atoms with Gasteiger partial charge in [-0.15, -0.1) is 11.3 Å². The highest BCUT2D eigenvalue weighted by molar-refractivity contribution is 7.17. The number of nitrogens with zero attached hydrogens (tertiary/aromatic N) is 2. The van der Waals surface area contributed by atoms with Gasteiger partial charge < -0.3 is 15.5 Å². The van der Waals surface area contributed by atoms with E-state index in [0.717, 1.165) is 10.4 Å². The van der Waals surface area contributed by atoms with Crippen LogP contribution in [0, 0.1) is 5.41 Å². The van der Waals surface area contributed by atoms with Crippen LogP contribution in [0.4, 0.5) is 0 Å². The van der Waals surface area contributed by atoms with Crippen molar-refractivity contribution in [2.24, 2.45) is 5.73 Å². The summed E-state index contributed by atoms with van der Waals surface area (Å²) in [6, 6.07) is 10.3. The van der Waals surface area contributed by atoms with E-state index in [0.29, 0.717) is 23.0 Å². The molecule has 2 aromatic rings. The number of hydrogen-bond acceptors (Lipinski definition) is 4. The van der Waals surface area contributed by atoms with Gasteiger partial charge >= 0.3 is 0 Å². The highest BCUT2D eigenvalue weighted by Gasteiger charge is 2.37. The van der Waals surface area contributed by atoms with Crippen LogP contribution in [0.25, 0.3) is 6.08 Å². The van der Waals surface area contributed by atoms with Crippen molar-refractivity contribution >= 4 is 46.7 Å². The Labute approximate surface area is 179 Å². The van der Waals surface area contributed by atoms with Gasteiger partial charge in [0, 0.05) is 35.6 Å². The average Bonchev–Trinajstić information content (AvgIpc) is 3.10. The molecule has 1 aromatic heterocycles. The lowest BCUT2D eigenvalue weighted by Crippen LogP contribution is -2.61. The van der Waals surface area contributed by atoms with Crippen molar-refractivity contribution < 1.29 is 9.59 Å². The van der Waals surface area contributed by atoms with Gasteiger partial charge in [-0.25, -0.2) is 0 Å². The highest BCUT2D eigenvalue weighted by atomic mass is 35.5. The van der Waals surface area contributed by atoms with Crippen LogP contribution < -0.4 is 5.73 Å². The van der Waals surface area contributed by atoms with Gasteiger partial charge in [-0.3, -0.25) is 15.0 Å². The third-order valence-corrected chi connectivity index (χ3v) is 6.12. The van der Waals surface area contributed by atoms with Crippen molar-refractivity contribution in [3.63, 3.8) is 0 Å². The van der Waals surface area contributed by atoms with Crippen LogP contribution in [0.5, 0.6) is 0 Å². The first-order valence-corrected chi connectivity index (χ1v) is 10.4. The Kier molecular flexibility index (Phi) is 6.39. The summed E-state index contributed by atoms with van der Waals surface area (Å²) in [4.78, 5) is 29.9. The fourth-order valence-electron chi connectivity index (χ4n) is 3.48. The molecule has 1 saturated heterocycles. The number of piperazine rings is 1. The first kappa shape index (κ1) is 21.1. The molecular weight excluding hydrogens is 408 g/mol. The fraction of sp³-hybridized carbons (Fsp3) is 0.286. The van der Waals surface area contributed by atoms with E-state index in [2.05, 4.69) is 0 Å². The van der Waals surface area contributed by atoms with E-state index in [9.17, 15) is 9.59 Å². The summed E-state index contributed by atoms with van der Waals surface area (Å²) in [5.74, 6) is -0.257. The lowest BCUT2D eigenvalue weighted by Gasteiger charge is -2.43. The third-order valence-electron chi connectivity index (χ3n) is 4.92. The van der Waals surface area contributed by atoms with Crippen LogP contribution in [-0.4, -0.2) is 46.1 Å². The zero-order valence-corrected chi connectivity index (χ0v) is 17.8. The van der Waals surface area contributed by atoms with Gasteiger partial charge in [0.25, 0.3) is 0 Å². The van der Waals surface area contributed by atoms with Crippen molar-refractivity contribution in [2.75, 3.05) is 6.54 Å². The minimum absolute atomic E-state index is 0.0138. The first-order valence-electron chi connectivity index (χ1n) is 9.24. The Hall–Kier alpha value is -2.64. The summed E-state index contributed by atoms with van der Waals surface area (Å²) in [6.07, 6.45) is 3.23. The van der Waals surface area contributed by atoms with E-state index in [-0.39, 0.29) is 23.7 Å². The molecule has 2 unspecified atom stereocenters. The predicted octanol–water partition coefficient (Wildman–Crippen LogP) is 3.35. The third kappa shape index (κ3) is 4.86. The van der Waals surface area contributed by atoms with E-state index in [1.807, 2.05) is 25.1 Å². The number of thiophene rings is 1. The summed E-state index contributed by atoms with van der Waals surface area (Å²) in [5.41, 5.74) is 7.09. The van der Waals surface area contributed by atoms with Gasteiger partial charge in [-0.05, 0) is 37.6 Å². The zero-order chi connectivity index (χ0) is 21.1. The monoisotopic (exact) mass is 430 g/mol. The molecule has 0 spiro atoms. The van der Waals surface area contributed by atoms with E-state index in [1.54, 1.807) is 41.0 Å². The molecule has 29 heavy (non-hydrogen) atoms. The highest BCUT2D eigenvalue weighted by Crippen LogP contribution is 2.24. The molecule has 0 aliphatic carbocycles. The molecule has 6 nitrogen and oxygen atoms in total. The molecule has 3 N–H and O–H groups in total. The number of hydrogen-bond donors (Lipinski definition) is 2. The fourth-order valence-corrected chi connectivity index (χ4v) is 4.44. The molecule has 0 bridgehead atoms. The summed E-state index contributed by atoms with van der Waals surface area (Å²) in [6.45, 7) is 4.62. The molecule has 2 atom stereocenters. The van der Waals surface area contributed by atoms with Crippen molar-refractivity contribution in [3.8, 4) is 0 Å². The molecule has 2 amide bonds. The van der Waals surface area contributed by atoms with Crippen LogP contribution in [0.1, 0.15) is 29.9 Å². The number of carbonyl (C=O) groups is 2. The number of benzene rings is 1. The molecule has 0 saturated carbocycles. The second-order valence-electron chi connectivity index (χ2n) is 7.08. The van der Waals surface area contributed by atoms with E-state index < -0.39 is 6.04 Å². The number of amides is 2. The number of nitrogens with two attached hydrogens (primary N) is 1. The number of nitrogen functional groups attached to an aromatic ring is 1. The number of amidine groups is 1. The largest absolute Gasteiger partial charge is 0.384 e. The Morgan fingerprint density at radius 1 is 1.28 bits per heavy atom. The average molecular weight is 431 g/mol. The van der Waals surface area contributed by atoms with Gasteiger partial charge in [0.15, 0.2) is 0 Å². The summed E-state index contributed by atoms with van der Waals surface area (Å²) < 4.78 is 0.666. The normalized spacial score (nSPS) is 19.8. The molecule has 0 radical (unpaired) electrons. The van der Waals surface area contributed by atoms with Gasteiger partial charge in [0.1, 0.15) is 11.9 Å². The molecule has 1 aromatic carbocycles. The lowest BCUT2D eigenvalue weighted by molar-refractivity contribution is -0.152. The van der Waals surface area contributed by atoms with E-state index in [4.69, 9.17) is 22.7 Å². The van der Waals surface area contributed by atoms with Crippen LogP contribution in [0.15, 0.2) is 42.5 Å². The second kappa shape index (κ2) is 8.80. The first-order chi connectivity index (χ1) is 13.8. The van der Waals surface area contributed by atoms with Gasteiger partial charge in [0.05, 0.1) is 4.34 Å². The van der Waals surface area contributed by atoms with Crippen molar-refractivity contribution in [2.45, 2.75) is 32.5 Å². The van der Waals surface area contributed by atoms with Crippen molar-refractivity contribution in [1.29, 1.82) is 5.41 Å². The summed E-state index contributed by atoms with van der Waals surface area (Å²) in [5, 5.41) is 7.46. The maximum absolute atomic E-state index is 12.9. The molecule has 8 heteroatoms. The lowest BCUT2D eigenvalue weighted by atomic mass is 10.0. The van der Waals surface area contributed by atoms with Gasteiger partial charge in [0.2, 0.25) is 11.8 Å². The maximum Gasteiger partial charge on any atom is 0.247 e. The quantitative estimate of drug-likeness (QED) is 0.433. The van der Waals surface area contributed by atoms with Crippen LogP contribution in [0.2, 0.25) is 4.34 Å². The number of carbonyl (C=O) groups excluding carboxylic acids is 2. The molecule has 3 rings (SSSR count). The van der Waals surface area contributed by atoms with Crippen molar-refractivity contribution in [3.05, 3.63) is 62.8 Å². The maximum atomic E-state index is 12.9. The predicted molar refractivity (Wildman–Crippen MR) is 117 cm³/mol. The molecule has 152 valence electrons. The Balaban J connectivity index is 1.68. The Bertz CT molecular complexity index is 954. The SMILES string of the molecule is CC1CN(Cc2ccc(C(=N)N)cc2)C(=O)C(C)N1C(=O)C=Cc1ccc(Cl)s1. The van der Waals surface area contributed by atoms with Crippen molar-refractivity contribution in [1.82, 2.24) is 9.80 Å². The molecular formula is C21H23ClN4O2S. The Morgan fingerprint density at radius 2 is 1.97 bits per heavy atom. The topological polar surface area (TPSA) is 90.5 Å². The van der Waals surface area contributed by atoms with Crippen LogP contribution in [0.3, 0.4) is 0 Å². The van der Waals surface area contributed by atoms with Crippen LogP contribution >= 0.6 is 22.9 Å². The van der Waals surface area contributed by atoms with Crippen LogP contribution in [-0.2, 0) is 16.1 Å². The molecule has 2 heterocycles. The minimum Gasteiger partial charge on any atom is -0.384 e. The number of rotatable bonds is 5. The standard InChI is InChI=1S/C21H23ClN4O2S/c1-13-11-25(12-15-3-5-16(6-4-15)20(23)24)21(28)14(2)26(13)19(27)10-8-17-7-9-18(22)29-17/h3-10,13-14H,11-12H2,1-2H3,(H3,23,24). The number of halogens is 1. The summed E-state index contributed by atoms with van der Waals surface area (Å²) in [7, 11) is 0. The zero-order valence-electron chi connectivity index (χ0n) is 16.3. The van der Waals surface area contributed by atoms with Gasteiger partial charge in [-0.1, -0.05) is 35.9 Å². The second-order valence-corrected chi connectivity index (χ2v) is 8.82. The summed E-state index contributed by atoms with van der Waals surface area (Å²) >= 11 is 7.31. The molecule has 1 aliphatic heterocycles. The van der Waals surface area contributed by atoms with E-state index >= 15 is 0 Å². The molecule has 1 fully saturated rings. The van der Waals surface area contributed by atoms with E-state index in [1.165, 1.54) is 17.4 Å². The smallest absolute Gasteiger partial charge is 0.247 e. The minimum atomic E-state index is -0.542. The molecule has 1 aliphatic rings.